The van der Waals surface area contributed by atoms with Gasteiger partial charge in [-0.05, 0) is 5.56 Å². The van der Waals surface area contributed by atoms with Gasteiger partial charge >= 0.3 is 0 Å². The highest BCUT2D eigenvalue weighted by atomic mass is 16.3. The quantitative estimate of drug-likeness (QED) is 0.731. The van der Waals surface area contributed by atoms with E-state index in [1.165, 1.54) is 4.90 Å². The van der Waals surface area contributed by atoms with Crippen molar-refractivity contribution in [1.29, 1.82) is 0 Å². The van der Waals surface area contributed by atoms with E-state index in [9.17, 15) is 14.7 Å². The summed E-state index contributed by atoms with van der Waals surface area (Å²) >= 11 is 0. The predicted octanol–water partition coefficient (Wildman–Crippen LogP) is -0.106. The van der Waals surface area contributed by atoms with Crippen LogP contribution in [0, 0.1) is 0 Å². The van der Waals surface area contributed by atoms with Crippen molar-refractivity contribution in [2.75, 3.05) is 6.54 Å². The number of rotatable bonds is 4. The lowest BCUT2D eigenvalue weighted by atomic mass is 10.1. The van der Waals surface area contributed by atoms with Gasteiger partial charge in [-0.25, -0.2) is 0 Å². The number of nitrogens with zero attached hydrogens (tertiary/aromatic N) is 1. The van der Waals surface area contributed by atoms with Crippen molar-refractivity contribution >= 4 is 12.3 Å². The third-order valence-corrected chi connectivity index (χ3v) is 3.06. The molecule has 2 rings (SSSR count). The van der Waals surface area contributed by atoms with Gasteiger partial charge in [-0.1, -0.05) is 30.3 Å². The molecule has 1 aromatic carbocycles. The van der Waals surface area contributed by atoms with Crippen LogP contribution in [0.5, 0.6) is 0 Å². The molecule has 1 unspecified atom stereocenters. The van der Waals surface area contributed by atoms with Gasteiger partial charge in [-0.3, -0.25) is 9.59 Å². The first-order chi connectivity index (χ1) is 8.70. The molecule has 1 aromatic rings. The molecule has 5 heteroatoms. The van der Waals surface area contributed by atoms with E-state index in [2.05, 4.69) is 5.32 Å². The van der Waals surface area contributed by atoms with E-state index < -0.39 is 12.1 Å². The molecule has 0 radical (unpaired) electrons. The molecule has 0 spiro atoms. The number of likely N-dealkylation sites (tertiary alicyclic amines) is 1. The van der Waals surface area contributed by atoms with Crippen molar-refractivity contribution in [2.45, 2.75) is 25.1 Å². The third-order valence-electron chi connectivity index (χ3n) is 3.06. The molecular formula is C13H16N2O3. The number of carbonyl (C=O) groups is 2. The molecule has 0 bridgehead atoms. The van der Waals surface area contributed by atoms with E-state index >= 15 is 0 Å². The summed E-state index contributed by atoms with van der Waals surface area (Å²) in [6.07, 6.45) is 0.310. The lowest BCUT2D eigenvalue weighted by molar-refractivity contribution is -0.131. The maximum atomic E-state index is 11.9. The molecule has 2 atom stereocenters. The second-order valence-electron chi connectivity index (χ2n) is 4.41. The maximum absolute atomic E-state index is 11.9. The number of benzene rings is 1. The summed E-state index contributed by atoms with van der Waals surface area (Å²) in [6, 6.07) is 8.99. The highest BCUT2D eigenvalue weighted by molar-refractivity contribution is 5.84. The molecule has 2 amide bonds. The first-order valence-electron chi connectivity index (χ1n) is 5.91. The Kier molecular flexibility index (Phi) is 3.94. The number of hydrogen-bond donors (Lipinski definition) is 2. The van der Waals surface area contributed by atoms with E-state index in [0.29, 0.717) is 19.4 Å². The molecule has 0 aromatic heterocycles. The van der Waals surface area contributed by atoms with Crippen molar-refractivity contribution in [2.24, 2.45) is 0 Å². The van der Waals surface area contributed by atoms with Crippen molar-refractivity contribution in [3.63, 3.8) is 0 Å². The van der Waals surface area contributed by atoms with Gasteiger partial charge in [0.1, 0.15) is 6.04 Å². The van der Waals surface area contributed by atoms with Crippen LogP contribution in [-0.2, 0) is 16.1 Å². The van der Waals surface area contributed by atoms with E-state index in [1.54, 1.807) is 0 Å². The number of aliphatic hydroxyl groups is 1. The average Bonchev–Trinajstić information content (AvgIpc) is 2.78. The second-order valence-corrected chi connectivity index (χ2v) is 4.41. The Bertz CT molecular complexity index is 422. The topological polar surface area (TPSA) is 69.6 Å². The molecule has 1 heterocycles. The van der Waals surface area contributed by atoms with Gasteiger partial charge in [0.05, 0.1) is 6.10 Å². The first kappa shape index (κ1) is 12.6. The monoisotopic (exact) mass is 248 g/mol. The average molecular weight is 248 g/mol. The molecule has 2 N–H and O–H groups in total. The molecule has 0 aliphatic carbocycles. The molecular weight excluding hydrogens is 232 g/mol. The Balaban J connectivity index is 1.90. The highest BCUT2D eigenvalue weighted by Crippen LogP contribution is 2.16. The summed E-state index contributed by atoms with van der Waals surface area (Å²) in [5, 5.41) is 12.2. The fraction of sp³-hybridized carbons (Fsp3) is 0.385. The van der Waals surface area contributed by atoms with Gasteiger partial charge in [0.2, 0.25) is 12.3 Å². The molecule has 1 aliphatic heterocycles. The summed E-state index contributed by atoms with van der Waals surface area (Å²) < 4.78 is 0. The van der Waals surface area contributed by atoms with Crippen molar-refractivity contribution in [3.8, 4) is 0 Å². The summed E-state index contributed by atoms with van der Waals surface area (Å²) in [5.41, 5.74) is 1.00. The van der Waals surface area contributed by atoms with Gasteiger partial charge < -0.3 is 15.3 Å². The Labute approximate surface area is 105 Å². The molecule has 5 nitrogen and oxygen atoms in total. The van der Waals surface area contributed by atoms with Crippen molar-refractivity contribution < 1.29 is 14.7 Å². The van der Waals surface area contributed by atoms with E-state index in [4.69, 9.17) is 0 Å². The second kappa shape index (κ2) is 5.64. The zero-order chi connectivity index (χ0) is 13.0. The summed E-state index contributed by atoms with van der Waals surface area (Å²) in [4.78, 5) is 24.0. The minimum Gasteiger partial charge on any atom is -0.391 e. The Hall–Kier alpha value is -1.88. The van der Waals surface area contributed by atoms with Crippen LogP contribution in [-0.4, -0.2) is 41.0 Å². The molecule has 0 saturated carbocycles. The Morgan fingerprint density at radius 2 is 2.17 bits per heavy atom. The summed E-state index contributed by atoms with van der Waals surface area (Å²) in [5.74, 6) is -0.220. The minimum atomic E-state index is -0.609. The van der Waals surface area contributed by atoms with Gasteiger partial charge in [0.25, 0.3) is 0 Å². The van der Waals surface area contributed by atoms with E-state index in [1.807, 2.05) is 30.3 Å². The van der Waals surface area contributed by atoms with Crippen LogP contribution in [0.1, 0.15) is 12.0 Å². The number of hydrogen-bond acceptors (Lipinski definition) is 3. The van der Waals surface area contributed by atoms with Crippen LogP contribution in [0.2, 0.25) is 0 Å². The molecule has 1 aliphatic rings. The van der Waals surface area contributed by atoms with Crippen LogP contribution in [0.4, 0.5) is 0 Å². The number of amides is 2. The number of β-amino-alcohol motifs (C(OH)–C–C–N with tert-alkyl or cyclic N) is 1. The minimum absolute atomic E-state index is 0.220. The summed E-state index contributed by atoms with van der Waals surface area (Å²) in [7, 11) is 0. The first-order valence-corrected chi connectivity index (χ1v) is 5.91. The predicted molar refractivity (Wildman–Crippen MR) is 65.5 cm³/mol. The van der Waals surface area contributed by atoms with E-state index in [0.717, 1.165) is 5.56 Å². The lowest BCUT2D eigenvalue weighted by Gasteiger charge is -2.18. The number of aliphatic hydroxyl groups excluding tert-OH is 1. The van der Waals surface area contributed by atoms with Gasteiger partial charge in [-0.2, -0.15) is 0 Å². The highest BCUT2D eigenvalue weighted by Gasteiger charge is 2.34. The zero-order valence-electron chi connectivity index (χ0n) is 9.95. The number of carbonyl (C=O) groups excluding carboxylic acids is 2. The zero-order valence-corrected chi connectivity index (χ0v) is 9.95. The van der Waals surface area contributed by atoms with Crippen LogP contribution in [0.25, 0.3) is 0 Å². The van der Waals surface area contributed by atoms with Crippen molar-refractivity contribution in [3.05, 3.63) is 35.9 Å². The molecule has 1 saturated heterocycles. The van der Waals surface area contributed by atoms with E-state index in [-0.39, 0.29) is 12.5 Å². The fourth-order valence-corrected chi connectivity index (χ4v) is 2.12. The normalized spacial score (nSPS) is 22.8. The molecule has 1 fully saturated rings. The van der Waals surface area contributed by atoms with Crippen LogP contribution in [0.3, 0.4) is 0 Å². The molecule has 96 valence electrons. The largest absolute Gasteiger partial charge is 0.391 e. The van der Waals surface area contributed by atoms with Gasteiger partial charge in [0.15, 0.2) is 0 Å². The van der Waals surface area contributed by atoms with Crippen molar-refractivity contribution in [1.82, 2.24) is 10.2 Å². The summed E-state index contributed by atoms with van der Waals surface area (Å²) in [6.45, 7) is 0.659. The lowest BCUT2D eigenvalue weighted by Crippen LogP contribution is -2.42. The van der Waals surface area contributed by atoms with Crippen LogP contribution >= 0.6 is 0 Å². The van der Waals surface area contributed by atoms with Gasteiger partial charge in [-0.15, -0.1) is 0 Å². The standard InChI is InChI=1S/C13H16N2O3/c16-9-15-8-11(17)6-12(15)13(18)14-7-10-4-2-1-3-5-10/h1-5,9,11-12,17H,6-8H2,(H,14,18)/t11-,12?/m1/s1. The Morgan fingerprint density at radius 1 is 1.44 bits per heavy atom. The fourth-order valence-electron chi connectivity index (χ4n) is 2.12. The number of nitrogens with one attached hydrogen (secondary N) is 1. The van der Waals surface area contributed by atoms with Crippen LogP contribution in [0.15, 0.2) is 30.3 Å². The van der Waals surface area contributed by atoms with Crippen LogP contribution < -0.4 is 5.32 Å². The third kappa shape index (κ3) is 2.87. The van der Waals surface area contributed by atoms with Gasteiger partial charge in [0, 0.05) is 19.5 Å². The smallest absolute Gasteiger partial charge is 0.243 e. The SMILES string of the molecule is O=CN1C[C@H](O)CC1C(=O)NCc1ccccc1. The Morgan fingerprint density at radius 3 is 2.83 bits per heavy atom. The molecule has 18 heavy (non-hydrogen) atoms. The maximum Gasteiger partial charge on any atom is 0.243 e.